The molecule has 1 rings (SSSR count). The lowest BCUT2D eigenvalue weighted by Crippen LogP contribution is -2.38. The molecule has 0 radical (unpaired) electrons. The number of aliphatic hydroxyl groups is 2. The average Bonchev–Trinajstić information content (AvgIpc) is 2.24. The van der Waals surface area contributed by atoms with Crippen molar-refractivity contribution in [3.05, 3.63) is 29.3 Å². The molecule has 1 aromatic carbocycles. The van der Waals surface area contributed by atoms with Crippen LogP contribution < -0.4 is 4.90 Å². The number of likely N-dealkylation sites (N-methyl/N-ethyl adjacent to an activating group) is 1. The summed E-state index contributed by atoms with van der Waals surface area (Å²) in [5, 5.41) is 19.0. The molecule has 0 amide bonds. The van der Waals surface area contributed by atoms with E-state index >= 15 is 0 Å². The van der Waals surface area contributed by atoms with Gasteiger partial charge >= 0.3 is 0 Å². The van der Waals surface area contributed by atoms with E-state index in [4.69, 9.17) is 5.11 Å². The van der Waals surface area contributed by atoms with Crippen LogP contribution in [0.15, 0.2) is 18.2 Å². The molecule has 0 aliphatic heterocycles. The van der Waals surface area contributed by atoms with Gasteiger partial charge in [-0.05, 0) is 44.9 Å². The fourth-order valence-corrected chi connectivity index (χ4v) is 2.01. The van der Waals surface area contributed by atoms with Crippen LogP contribution >= 0.6 is 0 Å². The smallest absolute Gasteiger partial charge is 0.0765 e. The first kappa shape index (κ1) is 14.0. The third-order valence-electron chi connectivity index (χ3n) is 2.74. The predicted octanol–water partition coefficient (Wildman–Crippen LogP) is 2.08. The van der Waals surface area contributed by atoms with E-state index < -0.39 is 5.60 Å². The molecule has 0 aliphatic carbocycles. The molecule has 0 atom stereocenters. The van der Waals surface area contributed by atoms with E-state index in [1.165, 1.54) is 0 Å². The number of nitrogens with zero attached hydrogens (tertiary/aromatic N) is 1. The second-order valence-corrected chi connectivity index (χ2v) is 5.11. The highest BCUT2D eigenvalue weighted by molar-refractivity contribution is 5.54. The fourth-order valence-electron chi connectivity index (χ4n) is 2.01. The highest BCUT2D eigenvalue weighted by Crippen LogP contribution is 2.23. The molecular formula is C14H23NO2. The minimum Gasteiger partial charge on any atom is -0.392 e. The Morgan fingerprint density at radius 2 is 1.94 bits per heavy atom. The van der Waals surface area contributed by atoms with Crippen LogP contribution in [0.4, 0.5) is 5.69 Å². The van der Waals surface area contributed by atoms with Crippen molar-refractivity contribution in [3.8, 4) is 0 Å². The van der Waals surface area contributed by atoms with Gasteiger partial charge in [0.1, 0.15) is 0 Å². The summed E-state index contributed by atoms with van der Waals surface area (Å²) in [7, 11) is 0. The number of aryl methyl sites for hydroxylation is 1. The van der Waals surface area contributed by atoms with Gasteiger partial charge in [0.2, 0.25) is 0 Å². The fraction of sp³-hybridized carbons (Fsp3) is 0.571. The summed E-state index contributed by atoms with van der Waals surface area (Å²) in [5.74, 6) is 0. The standard InChI is InChI=1S/C14H23NO2/c1-5-15(10-14(3,4)17)13-7-6-12(9-16)8-11(13)2/h6-8,16-17H,5,9-10H2,1-4H3. The van der Waals surface area contributed by atoms with Gasteiger partial charge in [-0.15, -0.1) is 0 Å². The topological polar surface area (TPSA) is 43.7 Å². The Labute approximate surface area is 104 Å². The molecule has 0 spiro atoms. The Balaban J connectivity index is 2.96. The molecule has 0 saturated heterocycles. The molecule has 96 valence electrons. The molecular weight excluding hydrogens is 214 g/mol. The van der Waals surface area contributed by atoms with Gasteiger partial charge in [0.05, 0.1) is 12.2 Å². The summed E-state index contributed by atoms with van der Waals surface area (Å²) in [4.78, 5) is 2.15. The maximum Gasteiger partial charge on any atom is 0.0765 e. The Kier molecular flexibility index (Phi) is 4.54. The van der Waals surface area contributed by atoms with Crippen LogP contribution in [0.3, 0.4) is 0 Å². The van der Waals surface area contributed by atoms with Crippen LogP contribution in [0.25, 0.3) is 0 Å². The van der Waals surface area contributed by atoms with Crippen LogP contribution in [0.1, 0.15) is 31.9 Å². The lowest BCUT2D eigenvalue weighted by Gasteiger charge is -2.31. The van der Waals surface area contributed by atoms with Gasteiger partial charge < -0.3 is 15.1 Å². The van der Waals surface area contributed by atoms with Crippen molar-refractivity contribution in [2.24, 2.45) is 0 Å². The second kappa shape index (κ2) is 5.52. The van der Waals surface area contributed by atoms with Crippen molar-refractivity contribution >= 4 is 5.69 Å². The van der Waals surface area contributed by atoms with Gasteiger partial charge in [0.25, 0.3) is 0 Å². The lowest BCUT2D eigenvalue weighted by molar-refractivity contribution is 0.0875. The van der Waals surface area contributed by atoms with Gasteiger partial charge in [-0.25, -0.2) is 0 Å². The monoisotopic (exact) mass is 237 g/mol. The van der Waals surface area contributed by atoms with Crippen molar-refractivity contribution < 1.29 is 10.2 Å². The molecule has 0 heterocycles. The van der Waals surface area contributed by atoms with Gasteiger partial charge in [0, 0.05) is 18.8 Å². The molecule has 0 saturated carbocycles. The maximum absolute atomic E-state index is 9.89. The minimum atomic E-state index is -0.710. The number of rotatable bonds is 5. The molecule has 2 N–H and O–H groups in total. The first-order valence-corrected chi connectivity index (χ1v) is 6.05. The van der Waals surface area contributed by atoms with E-state index in [2.05, 4.69) is 11.8 Å². The van der Waals surface area contributed by atoms with E-state index in [-0.39, 0.29) is 6.61 Å². The number of aliphatic hydroxyl groups excluding tert-OH is 1. The first-order chi connectivity index (χ1) is 7.87. The SMILES string of the molecule is CCN(CC(C)(C)O)c1ccc(CO)cc1C. The average molecular weight is 237 g/mol. The molecule has 1 aromatic rings. The summed E-state index contributed by atoms with van der Waals surface area (Å²) < 4.78 is 0. The predicted molar refractivity (Wildman–Crippen MR) is 71.3 cm³/mol. The van der Waals surface area contributed by atoms with E-state index in [0.29, 0.717) is 6.54 Å². The number of anilines is 1. The Morgan fingerprint density at radius 1 is 1.29 bits per heavy atom. The van der Waals surface area contributed by atoms with Crippen LogP contribution in [0.2, 0.25) is 0 Å². The summed E-state index contributed by atoms with van der Waals surface area (Å²) in [6.45, 7) is 9.25. The zero-order chi connectivity index (χ0) is 13.1. The van der Waals surface area contributed by atoms with E-state index in [1.807, 2.05) is 39.0 Å². The van der Waals surface area contributed by atoms with Gasteiger partial charge in [-0.3, -0.25) is 0 Å². The van der Waals surface area contributed by atoms with Crippen molar-refractivity contribution in [2.45, 2.75) is 39.9 Å². The van der Waals surface area contributed by atoms with E-state index in [0.717, 1.165) is 23.4 Å². The highest BCUT2D eigenvalue weighted by Gasteiger charge is 2.18. The van der Waals surface area contributed by atoms with Crippen LogP contribution in [-0.4, -0.2) is 28.9 Å². The number of benzene rings is 1. The number of hydrogen-bond donors (Lipinski definition) is 2. The summed E-state index contributed by atoms with van der Waals surface area (Å²) >= 11 is 0. The molecule has 0 aliphatic rings. The molecule has 0 bridgehead atoms. The largest absolute Gasteiger partial charge is 0.392 e. The first-order valence-electron chi connectivity index (χ1n) is 6.05. The highest BCUT2D eigenvalue weighted by atomic mass is 16.3. The van der Waals surface area contributed by atoms with E-state index in [9.17, 15) is 5.11 Å². The molecule has 0 fully saturated rings. The molecule has 3 heteroatoms. The van der Waals surface area contributed by atoms with Crippen LogP contribution in [0.5, 0.6) is 0 Å². The van der Waals surface area contributed by atoms with Gasteiger partial charge in [-0.2, -0.15) is 0 Å². The van der Waals surface area contributed by atoms with Crippen molar-refractivity contribution in [2.75, 3.05) is 18.0 Å². The molecule has 17 heavy (non-hydrogen) atoms. The number of hydrogen-bond acceptors (Lipinski definition) is 3. The minimum absolute atomic E-state index is 0.0682. The van der Waals surface area contributed by atoms with Gasteiger partial charge in [0.15, 0.2) is 0 Å². The Hall–Kier alpha value is -1.06. The maximum atomic E-state index is 9.89. The molecule has 0 aromatic heterocycles. The van der Waals surface area contributed by atoms with Gasteiger partial charge in [-0.1, -0.05) is 12.1 Å². The van der Waals surface area contributed by atoms with Crippen LogP contribution in [-0.2, 0) is 6.61 Å². The summed E-state index contributed by atoms with van der Waals surface area (Å²) in [6, 6.07) is 5.92. The molecule has 0 unspecified atom stereocenters. The Morgan fingerprint density at radius 3 is 2.35 bits per heavy atom. The zero-order valence-corrected chi connectivity index (χ0v) is 11.2. The summed E-state index contributed by atoms with van der Waals surface area (Å²) in [6.07, 6.45) is 0. The van der Waals surface area contributed by atoms with Crippen molar-refractivity contribution in [1.29, 1.82) is 0 Å². The summed E-state index contributed by atoms with van der Waals surface area (Å²) in [5.41, 5.74) is 2.46. The zero-order valence-electron chi connectivity index (χ0n) is 11.2. The third kappa shape index (κ3) is 4.02. The normalized spacial score (nSPS) is 11.6. The van der Waals surface area contributed by atoms with Crippen molar-refractivity contribution in [1.82, 2.24) is 0 Å². The van der Waals surface area contributed by atoms with Crippen LogP contribution in [0, 0.1) is 6.92 Å². The second-order valence-electron chi connectivity index (χ2n) is 5.11. The Bertz CT molecular complexity index is 369. The van der Waals surface area contributed by atoms with E-state index in [1.54, 1.807) is 0 Å². The quantitative estimate of drug-likeness (QED) is 0.824. The van der Waals surface area contributed by atoms with Crippen molar-refractivity contribution in [3.63, 3.8) is 0 Å². The third-order valence-corrected chi connectivity index (χ3v) is 2.74. The molecule has 3 nitrogen and oxygen atoms in total. The lowest BCUT2D eigenvalue weighted by atomic mass is 10.1.